The highest BCUT2D eigenvalue weighted by molar-refractivity contribution is 5.82. The second kappa shape index (κ2) is 9.04. The van der Waals surface area contributed by atoms with E-state index in [9.17, 15) is 9.90 Å². The highest BCUT2D eigenvalue weighted by Crippen LogP contribution is 2.35. The lowest BCUT2D eigenvalue weighted by Crippen LogP contribution is -2.41. The summed E-state index contributed by atoms with van der Waals surface area (Å²) in [5, 5.41) is 26.0. The fourth-order valence-electron chi connectivity index (χ4n) is 3.95. The number of anilines is 1. The summed E-state index contributed by atoms with van der Waals surface area (Å²) < 4.78 is 0. The largest absolute Gasteiger partial charge is 0.480 e. The first-order valence-electron chi connectivity index (χ1n) is 10.4. The Morgan fingerprint density at radius 2 is 2.00 bits per heavy atom. The zero-order chi connectivity index (χ0) is 20.9. The number of rotatable bonds is 9. The molecule has 1 aliphatic rings. The molecule has 8 heteroatoms. The SMILES string of the molecule is CCCCCCC(C(=O)O)N1Cc2cc(-c3ccccc3-c3nn[nH]n3)ccc2N1. The van der Waals surface area contributed by atoms with Crippen LogP contribution in [-0.4, -0.2) is 42.8 Å². The molecule has 4 rings (SSSR count). The summed E-state index contributed by atoms with van der Waals surface area (Å²) in [4.78, 5) is 11.9. The molecule has 3 N–H and O–H groups in total. The van der Waals surface area contributed by atoms with Gasteiger partial charge < -0.3 is 10.5 Å². The van der Waals surface area contributed by atoms with Crippen LogP contribution < -0.4 is 5.43 Å². The summed E-state index contributed by atoms with van der Waals surface area (Å²) >= 11 is 0. The van der Waals surface area contributed by atoms with E-state index >= 15 is 0 Å². The number of H-pyrrole nitrogens is 1. The monoisotopic (exact) mass is 406 g/mol. The molecule has 0 fully saturated rings. The van der Waals surface area contributed by atoms with E-state index in [4.69, 9.17) is 0 Å². The van der Waals surface area contributed by atoms with E-state index in [-0.39, 0.29) is 0 Å². The Hall–Kier alpha value is -3.26. The molecule has 0 spiro atoms. The minimum absolute atomic E-state index is 0.538. The smallest absolute Gasteiger partial charge is 0.322 e. The fourth-order valence-corrected chi connectivity index (χ4v) is 3.95. The van der Waals surface area contributed by atoms with E-state index in [2.05, 4.69) is 39.0 Å². The molecule has 1 aliphatic heterocycles. The van der Waals surface area contributed by atoms with E-state index in [1.165, 1.54) is 0 Å². The Morgan fingerprint density at radius 3 is 2.73 bits per heavy atom. The zero-order valence-corrected chi connectivity index (χ0v) is 17.0. The maximum absolute atomic E-state index is 11.9. The molecule has 156 valence electrons. The lowest BCUT2D eigenvalue weighted by Gasteiger charge is -2.24. The van der Waals surface area contributed by atoms with E-state index in [0.29, 0.717) is 18.8 Å². The summed E-state index contributed by atoms with van der Waals surface area (Å²) in [6.45, 7) is 2.71. The number of nitrogens with zero attached hydrogens (tertiary/aromatic N) is 4. The lowest BCUT2D eigenvalue weighted by molar-refractivity contribution is -0.143. The number of aromatic nitrogens is 4. The number of aromatic amines is 1. The van der Waals surface area contributed by atoms with Gasteiger partial charge in [0, 0.05) is 12.1 Å². The van der Waals surface area contributed by atoms with Gasteiger partial charge in [0.2, 0.25) is 5.82 Å². The van der Waals surface area contributed by atoms with Crippen LogP contribution in [0.1, 0.15) is 44.6 Å². The molecule has 3 aromatic rings. The maximum Gasteiger partial charge on any atom is 0.322 e. The van der Waals surface area contributed by atoms with Crippen LogP contribution in [0, 0.1) is 0 Å². The number of benzene rings is 2. The molecule has 0 aliphatic carbocycles. The third kappa shape index (κ3) is 4.18. The molecular weight excluding hydrogens is 380 g/mol. The van der Waals surface area contributed by atoms with Crippen molar-refractivity contribution in [3.05, 3.63) is 48.0 Å². The molecule has 30 heavy (non-hydrogen) atoms. The van der Waals surface area contributed by atoms with Crippen LogP contribution in [0.25, 0.3) is 22.5 Å². The Morgan fingerprint density at radius 1 is 1.17 bits per heavy atom. The minimum atomic E-state index is -0.783. The van der Waals surface area contributed by atoms with Crippen molar-refractivity contribution in [3.8, 4) is 22.5 Å². The summed E-state index contributed by atoms with van der Waals surface area (Å²) in [7, 11) is 0. The van der Waals surface area contributed by atoms with Crippen LogP contribution in [0.5, 0.6) is 0 Å². The van der Waals surface area contributed by atoms with Crippen molar-refractivity contribution in [3.63, 3.8) is 0 Å². The highest BCUT2D eigenvalue weighted by Gasteiger charge is 2.30. The summed E-state index contributed by atoms with van der Waals surface area (Å²) in [5.41, 5.74) is 8.26. The van der Waals surface area contributed by atoms with Gasteiger partial charge >= 0.3 is 5.97 Å². The molecule has 2 aromatic carbocycles. The molecule has 8 nitrogen and oxygen atoms in total. The van der Waals surface area contributed by atoms with Gasteiger partial charge in [-0.25, -0.2) is 5.01 Å². The molecule has 1 unspecified atom stereocenters. The third-order valence-corrected chi connectivity index (χ3v) is 5.53. The minimum Gasteiger partial charge on any atom is -0.480 e. The topological polar surface area (TPSA) is 107 Å². The first-order chi connectivity index (χ1) is 14.7. The van der Waals surface area contributed by atoms with E-state index in [1.807, 2.05) is 41.4 Å². The number of hydrazine groups is 1. The predicted octanol–water partition coefficient (Wildman–Crippen LogP) is 4.10. The van der Waals surface area contributed by atoms with Gasteiger partial charge in [-0.1, -0.05) is 62.9 Å². The molecule has 1 aromatic heterocycles. The molecule has 0 saturated carbocycles. The van der Waals surface area contributed by atoms with Crippen molar-refractivity contribution < 1.29 is 9.90 Å². The average Bonchev–Trinajstić information content (AvgIpc) is 3.43. The number of carboxylic acids is 1. The quantitative estimate of drug-likeness (QED) is 0.459. The van der Waals surface area contributed by atoms with Crippen LogP contribution in [0.15, 0.2) is 42.5 Å². The molecule has 0 bridgehead atoms. The Balaban J connectivity index is 1.54. The summed E-state index contributed by atoms with van der Waals surface area (Å²) in [6, 6.07) is 13.5. The molecule has 0 saturated heterocycles. The van der Waals surface area contributed by atoms with Crippen molar-refractivity contribution in [2.75, 3.05) is 5.43 Å². The van der Waals surface area contributed by atoms with Crippen LogP contribution in [-0.2, 0) is 11.3 Å². The molecule has 1 atom stereocenters. The number of carboxylic acid groups (broad SMARTS) is 1. The van der Waals surface area contributed by atoms with Gasteiger partial charge in [0.15, 0.2) is 0 Å². The van der Waals surface area contributed by atoms with Gasteiger partial charge in [-0.05, 0) is 40.5 Å². The first kappa shape index (κ1) is 20.0. The first-order valence-corrected chi connectivity index (χ1v) is 10.4. The van der Waals surface area contributed by atoms with Crippen LogP contribution in [0.4, 0.5) is 5.69 Å². The lowest BCUT2D eigenvalue weighted by atomic mass is 9.97. The van der Waals surface area contributed by atoms with Gasteiger partial charge in [0.1, 0.15) is 6.04 Å². The molecule has 0 radical (unpaired) electrons. The maximum atomic E-state index is 11.9. The van der Waals surface area contributed by atoms with Crippen molar-refractivity contribution in [2.24, 2.45) is 0 Å². The number of hydrogen-bond donors (Lipinski definition) is 3. The molecular formula is C22H26N6O2. The summed E-state index contributed by atoms with van der Waals surface area (Å²) in [5.74, 6) is -0.238. The van der Waals surface area contributed by atoms with Crippen LogP contribution in [0.2, 0.25) is 0 Å². The second-order valence-electron chi connectivity index (χ2n) is 7.60. The van der Waals surface area contributed by atoms with Crippen molar-refractivity contribution in [1.82, 2.24) is 25.6 Å². The van der Waals surface area contributed by atoms with Gasteiger partial charge in [0.05, 0.1) is 5.69 Å². The van der Waals surface area contributed by atoms with Crippen LogP contribution >= 0.6 is 0 Å². The number of unbranched alkanes of at least 4 members (excludes halogenated alkanes) is 3. The van der Waals surface area contributed by atoms with Crippen molar-refractivity contribution in [1.29, 1.82) is 0 Å². The van der Waals surface area contributed by atoms with E-state index < -0.39 is 12.0 Å². The number of carbonyl (C=O) groups is 1. The highest BCUT2D eigenvalue weighted by atomic mass is 16.4. The number of tetrazole rings is 1. The predicted molar refractivity (Wildman–Crippen MR) is 114 cm³/mol. The zero-order valence-electron chi connectivity index (χ0n) is 17.0. The Bertz CT molecular complexity index is 1000. The number of hydrogen-bond acceptors (Lipinski definition) is 6. The van der Waals surface area contributed by atoms with Gasteiger partial charge in [0.25, 0.3) is 0 Å². The summed E-state index contributed by atoms with van der Waals surface area (Å²) in [6.07, 6.45) is 4.91. The van der Waals surface area contributed by atoms with Crippen LogP contribution in [0.3, 0.4) is 0 Å². The number of nitrogens with one attached hydrogen (secondary N) is 2. The van der Waals surface area contributed by atoms with E-state index in [0.717, 1.165) is 53.6 Å². The van der Waals surface area contributed by atoms with Gasteiger partial charge in [-0.15, -0.1) is 10.2 Å². The number of aliphatic carboxylic acids is 1. The second-order valence-corrected chi connectivity index (χ2v) is 7.60. The standard InChI is InChI=1S/C22H26N6O2/c1-2-3-4-5-10-20(22(29)30)28-14-16-13-15(11-12-19(16)25-28)17-8-6-7-9-18(17)21-23-26-27-24-21/h6-9,11-13,20,25H,2-5,10,14H2,1H3,(H,29,30)(H,23,24,26,27). The van der Waals surface area contributed by atoms with E-state index in [1.54, 1.807) is 0 Å². The fraction of sp³-hybridized carbons (Fsp3) is 0.364. The number of fused-ring (bicyclic) bond motifs is 1. The third-order valence-electron chi connectivity index (χ3n) is 5.53. The normalized spacial score (nSPS) is 14.3. The molecule has 0 amide bonds. The average molecular weight is 406 g/mol. The van der Waals surface area contributed by atoms with Gasteiger partial charge in [-0.2, -0.15) is 5.21 Å². The Labute approximate surface area is 175 Å². The van der Waals surface area contributed by atoms with Gasteiger partial charge in [-0.3, -0.25) is 4.79 Å². The van der Waals surface area contributed by atoms with Crippen molar-refractivity contribution in [2.45, 2.75) is 51.6 Å². The van der Waals surface area contributed by atoms with Crippen molar-refractivity contribution >= 4 is 11.7 Å². The molecule has 2 heterocycles. The Kier molecular flexibility index (Phi) is 6.04.